The maximum Gasteiger partial charge on any atom is 0.204 e. The zero-order chi connectivity index (χ0) is 35.3. The minimum atomic E-state index is 0.0625. The number of methoxy groups -OCH3 is 6. The number of aromatic hydroxyl groups is 1. The molecule has 0 spiro atoms. The van der Waals surface area contributed by atoms with Crippen molar-refractivity contribution in [3.05, 3.63) is 75.8 Å². The Hall–Kier alpha value is -4.80. The monoisotopic (exact) mass is 682 g/mol. The fourth-order valence-corrected chi connectivity index (χ4v) is 8.19. The molecule has 0 fully saturated rings. The van der Waals surface area contributed by atoms with Crippen molar-refractivity contribution in [2.45, 2.75) is 37.8 Å². The molecule has 10 nitrogen and oxygen atoms in total. The summed E-state index contributed by atoms with van der Waals surface area (Å²) in [6, 6.07) is 14.3. The third-order valence-corrected chi connectivity index (χ3v) is 10.7. The summed E-state index contributed by atoms with van der Waals surface area (Å²) in [7, 11) is 14.2. The van der Waals surface area contributed by atoms with E-state index in [-0.39, 0.29) is 17.8 Å². The number of fused-ring (bicyclic) bond motifs is 3. The number of rotatable bonds is 10. The molecule has 0 saturated carbocycles. The second-order valence-corrected chi connectivity index (χ2v) is 13.2. The average molecular weight is 683 g/mol. The predicted molar refractivity (Wildman–Crippen MR) is 191 cm³/mol. The number of hydrogen-bond donors (Lipinski definition) is 1. The van der Waals surface area contributed by atoms with Crippen molar-refractivity contribution in [3.8, 4) is 62.9 Å². The average Bonchev–Trinajstić information content (AvgIpc) is 3.13. The van der Waals surface area contributed by atoms with E-state index in [9.17, 15) is 5.11 Å². The minimum absolute atomic E-state index is 0.0625. The Bertz CT molecular complexity index is 1920. The molecule has 4 aromatic carbocycles. The smallest absolute Gasteiger partial charge is 0.204 e. The summed E-state index contributed by atoms with van der Waals surface area (Å²) < 4.78 is 42.0. The summed E-state index contributed by atoms with van der Waals surface area (Å²) in [4.78, 5) is 4.72. The van der Waals surface area contributed by atoms with E-state index in [1.807, 2.05) is 30.3 Å². The number of phenolic OH excluding ortho intramolecular Hbond substituents is 1. The molecule has 7 rings (SSSR count). The Morgan fingerprint density at radius 2 is 1.36 bits per heavy atom. The summed E-state index contributed by atoms with van der Waals surface area (Å²) in [6.07, 6.45) is 3.22. The molecular weight excluding hydrogens is 636 g/mol. The van der Waals surface area contributed by atoms with E-state index in [1.54, 1.807) is 42.7 Å². The Kier molecular flexibility index (Phi) is 9.09. The molecule has 10 heteroatoms. The van der Waals surface area contributed by atoms with Gasteiger partial charge >= 0.3 is 0 Å². The first-order valence-corrected chi connectivity index (χ1v) is 17.0. The van der Waals surface area contributed by atoms with Gasteiger partial charge in [0.05, 0.1) is 42.7 Å². The predicted octanol–water partition coefficient (Wildman–Crippen LogP) is 6.76. The topological polar surface area (TPSA) is 91.3 Å². The summed E-state index contributed by atoms with van der Waals surface area (Å²) in [5.41, 5.74) is 8.74. The van der Waals surface area contributed by atoms with E-state index in [4.69, 9.17) is 33.2 Å². The van der Waals surface area contributed by atoms with Crippen LogP contribution in [-0.4, -0.2) is 84.7 Å². The highest BCUT2D eigenvalue weighted by atomic mass is 16.5. The molecule has 1 aliphatic carbocycles. The number of likely N-dealkylation sites (N-methyl/N-ethyl adjacent to an activating group) is 2. The van der Waals surface area contributed by atoms with Gasteiger partial charge in [0.1, 0.15) is 5.75 Å². The van der Waals surface area contributed by atoms with Crippen molar-refractivity contribution in [2.24, 2.45) is 0 Å². The highest BCUT2D eigenvalue weighted by Gasteiger charge is 2.41. The van der Waals surface area contributed by atoms with Crippen LogP contribution in [0.4, 0.5) is 0 Å². The largest absolute Gasteiger partial charge is 0.504 e. The Balaban J connectivity index is 1.29. The maximum absolute atomic E-state index is 10.6. The van der Waals surface area contributed by atoms with E-state index >= 15 is 0 Å². The third-order valence-electron chi connectivity index (χ3n) is 10.7. The van der Waals surface area contributed by atoms with Crippen LogP contribution in [0.3, 0.4) is 0 Å². The van der Waals surface area contributed by atoms with Crippen LogP contribution in [0, 0.1) is 0 Å². The lowest BCUT2D eigenvalue weighted by atomic mass is 9.75. The van der Waals surface area contributed by atoms with Crippen LogP contribution in [0.2, 0.25) is 0 Å². The molecule has 2 heterocycles. The molecule has 4 aromatic rings. The Labute approximate surface area is 294 Å². The molecule has 0 unspecified atom stereocenters. The van der Waals surface area contributed by atoms with Crippen LogP contribution >= 0.6 is 0 Å². The van der Waals surface area contributed by atoms with Gasteiger partial charge in [-0.1, -0.05) is 12.1 Å². The second kappa shape index (κ2) is 13.5. The van der Waals surface area contributed by atoms with Crippen LogP contribution in [0.1, 0.15) is 45.5 Å². The molecular formula is C40H46N2O8. The standard InChI is InChI=1S/C40H46N2O8/c1-41-15-13-23-18-32(44-3)31(43)20-26(23)29(41)17-22-9-11-24(12-10-22)50-37-28-19-30-34-25(14-16-42(30)2)36(46-5)40(49-8)39(48-7)35(34)27(28)21-33(45-4)38(37)47-6/h9-12,18,20-21,29-30,43H,13-17,19H2,1-8H3/t29-,30-/m0/s1. The van der Waals surface area contributed by atoms with Gasteiger partial charge in [0, 0.05) is 41.9 Å². The lowest BCUT2D eigenvalue weighted by Crippen LogP contribution is -2.36. The summed E-state index contributed by atoms with van der Waals surface area (Å²) in [5, 5.41) is 10.6. The molecule has 0 radical (unpaired) electrons. The van der Waals surface area contributed by atoms with E-state index in [0.717, 1.165) is 71.5 Å². The zero-order valence-electron chi connectivity index (χ0n) is 30.1. The first kappa shape index (κ1) is 33.7. The quantitative estimate of drug-likeness (QED) is 0.194. The summed E-state index contributed by atoms with van der Waals surface area (Å²) in [5.74, 6) is 4.99. The van der Waals surface area contributed by atoms with Crippen LogP contribution in [-0.2, 0) is 25.7 Å². The van der Waals surface area contributed by atoms with Crippen LogP contribution in [0.5, 0.6) is 51.7 Å². The van der Waals surface area contributed by atoms with E-state index in [2.05, 4.69) is 36.0 Å². The van der Waals surface area contributed by atoms with Crippen LogP contribution < -0.4 is 33.2 Å². The molecule has 50 heavy (non-hydrogen) atoms. The van der Waals surface area contributed by atoms with Gasteiger partial charge in [-0.3, -0.25) is 9.80 Å². The Morgan fingerprint density at radius 3 is 2.02 bits per heavy atom. The van der Waals surface area contributed by atoms with Crippen molar-refractivity contribution in [3.63, 3.8) is 0 Å². The van der Waals surface area contributed by atoms with Gasteiger partial charge in [-0.25, -0.2) is 0 Å². The number of nitrogens with zero attached hydrogens (tertiary/aromatic N) is 2. The normalized spacial score (nSPS) is 18.0. The molecule has 0 aromatic heterocycles. The molecule has 2 atom stereocenters. The van der Waals surface area contributed by atoms with Gasteiger partial charge in [-0.2, -0.15) is 0 Å². The third kappa shape index (κ3) is 5.41. The fourth-order valence-electron chi connectivity index (χ4n) is 8.19. The highest BCUT2D eigenvalue weighted by molar-refractivity contribution is 5.89. The van der Waals surface area contributed by atoms with Gasteiger partial charge in [-0.15, -0.1) is 0 Å². The minimum Gasteiger partial charge on any atom is -0.504 e. The lowest BCUT2D eigenvalue weighted by Gasteiger charge is -2.41. The number of benzene rings is 4. The lowest BCUT2D eigenvalue weighted by molar-refractivity contribution is 0.220. The fraction of sp³-hybridized carbons (Fsp3) is 0.400. The number of ether oxygens (including phenoxy) is 7. The van der Waals surface area contributed by atoms with E-state index < -0.39 is 0 Å². The van der Waals surface area contributed by atoms with Crippen molar-refractivity contribution in [1.82, 2.24) is 9.80 Å². The summed E-state index contributed by atoms with van der Waals surface area (Å²) in [6.45, 7) is 1.80. The molecule has 3 aliphatic rings. The zero-order valence-corrected chi connectivity index (χ0v) is 30.1. The maximum atomic E-state index is 10.6. The second-order valence-electron chi connectivity index (χ2n) is 13.2. The molecule has 264 valence electrons. The van der Waals surface area contributed by atoms with Crippen molar-refractivity contribution >= 4 is 0 Å². The van der Waals surface area contributed by atoms with E-state index in [0.29, 0.717) is 46.7 Å². The van der Waals surface area contributed by atoms with Crippen LogP contribution in [0.15, 0.2) is 42.5 Å². The summed E-state index contributed by atoms with van der Waals surface area (Å²) >= 11 is 0. The SMILES string of the molecule is COc1cc2c(cc1O)[C@H](Cc1ccc(Oc3c4c(cc(OC)c3OC)-c3c(OC)c(OC)c(OC)c5c3[C@H](C4)N(C)CC5)cc1)N(C)CC2. The molecule has 2 aliphatic heterocycles. The first-order chi connectivity index (χ1) is 24.3. The van der Waals surface area contributed by atoms with Gasteiger partial charge in [0.2, 0.25) is 11.5 Å². The van der Waals surface area contributed by atoms with Gasteiger partial charge < -0.3 is 38.3 Å². The number of phenols is 1. The molecule has 0 amide bonds. The van der Waals surface area contributed by atoms with Gasteiger partial charge in [-0.05, 0) is 97.9 Å². The van der Waals surface area contributed by atoms with Gasteiger partial charge in [0.25, 0.3) is 0 Å². The van der Waals surface area contributed by atoms with Crippen molar-refractivity contribution in [1.29, 1.82) is 0 Å². The molecule has 0 bridgehead atoms. The molecule has 1 N–H and O–H groups in total. The van der Waals surface area contributed by atoms with Crippen LogP contribution in [0.25, 0.3) is 11.1 Å². The van der Waals surface area contributed by atoms with Crippen molar-refractivity contribution in [2.75, 3.05) is 69.8 Å². The van der Waals surface area contributed by atoms with Gasteiger partial charge in [0.15, 0.2) is 34.5 Å². The van der Waals surface area contributed by atoms with E-state index in [1.165, 1.54) is 11.1 Å². The molecule has 0 saturated heterocycles. The highest BCUT2D eigenvalue weighted by Crippen LogP contribution is 2.60. The number of hydrogen-bond acceptors (Lipinski definition) is 10. The Morgan fingerprint density at radius 1 is 0.680 bits per heavy atom. The first-order valence-electron chi connectivity index (χ1n) is 17.0. The van der Waals surface area contributed by atoms with Crippen molar-refractivity contribution < 1.29 is 38.3 Å².